The maximum Gasteiger partial charge on any atom is 0.239 e. The van der Waals surface area contributed by atoms with E-state index in [2.05, 4.69) is 4.90 Å². The summed E-state index contributed by atoms with van der Waals surface area (Å²) in [5.41, 5.74) is 5.74. The van der Waals surface area contributed by atoms with Gasteiger partial charge in [0, 0.05) is 13.1 Å². The third kappa shape index (κ3) is 2.60. The molecule has 17 heavy (non-hydrogen) atoms. The Morgan fingerprint density at radius 1 is 1.29 bits per heavy atom. The first-order valence-corrected chi connectivity index (χ1v) is 6.86. The third-order valence-corrected chi connectivity index (χ3v) is 4.17. The summed E-state index contributed by atoms with van der Waals surface area (Å²) in [6.45, 7) is 4.74. The molecule has 2 aliphatic heterocycles. The highest BCUT2D eigenvalue weighted by Crippen LogP contribution is 2.22. The highest BCUT2D eigenvalue weighted by atomic mass is 32.1. The van der Waals surface area contributed by atoms with Gasteiger partial charge in [-0.05, 0) is 39.2 Å². The fraction of sp³-hybridized carbons (Fsp3) is 0.833. The van der Waals surface area contributed by atoms with Gasteiger partial charge in [0.25, 0.3) is 0 Å². The van der Waals surface area contributed by atoms with Crippen LogP contribution >= 0.6 is 12.2 Å². The molecular weight excluding hydrogens is 234 g/mol. The van der Waals surface area contributed by atoms with Gasteiger partial charge in [-0.1, -0.05) is 12.2 Å². The zero-order chi connectivity index (χ0) is 12.4. The standard InChI is InChI=1S/C12H21N3OS/c1-9(12(16)14-6-2-3-7-14)15-8-4-5-10(15)11(13)17/h9-10H,2-8H2,1H3,(H2,13,17). The van der Waals surface area contributed by atoms with Crippen LogP contribution in [0, 0.1) is 0 Å². The van der Waals surface area contributed by atoms with Crippen molar-refractivity contribution in [3.8, 4) is 0 Å². The van der Waals surface area contributed by atoms with Gasteiger partial charge in [0.2, 0.25) is 5.91 Å². The Labute approximate surface area is 108 Å². The SMILES string of the molecule is CC(C(=O)N1CCCC1)N1CCCC1C(N)=S. The van der Waals surface area contributed by atoms with Gasteiger partial charge in [-0.3, -0.25) is 9.69 Å². The van der Waals surface area contributed by atoms with Gasteiger partial charge in [0.05, 0.1) is 17.1 Å². The van der Waals surface area contributed by atoms with Crippen LogP contribution < -0.4 is 5.73 Å². The molecule has 0 aromatic heterocycles. The molecule has 0 aliphatic carbocycles. The van der Waals surface area contributed by atoms with E-state index in [1.165, 1.54) is 0 Å². The molecule has 0 spiro atoms. The van der Waals surface area contributed by atoms with Crippen LogP contribution in [0.3, 0.4) is 0 Å². The fourth-order valence-corrected chi connectivity index (χ4v) is 3.15. The van der Waals surface area contributed by atoms with Crippen LogP contribution in [0.1, 0.15) is 32.6 Å². The maximum atomic E-state index is 12.3. The van der Waals surface area contributed by atoms with Gasteiger partial charge >= 0.3 is 0 Å². The third-order valence-electron chi connectivity index (χ3n) is 3.90. The summed E-state index contributed by atoms with van der Waals surface area (Å²) in [6.07, 6.45) is 4.35. The first-order chi connectivity index (χ1) is 8.11. The first kappa shape index (κ1) is 12.8. The van der Waals surface area contributed by atoms with E-state index in [1.54, 1.807) is 0 Å². The van der Waals surface area contributed by atoms with E-state index in [-0.39, 0.29) is 18.0 Å². The molecule has 1 amide bonds. The molecule has 0 saturated carbocycles. The number of carbonyl (C=O) groups excluding carboxylic acids is 1. The monoisotopic (exact) mass is 255 g/mol. The van der Waals surface area contributed by atoms with E-state index < -0.39 is 0 Å². The van der Waals surface area contributed by atoms with E-state index >= 15 is 0 Å². The molecule has 0 bridgehead atoms. The van der Waals surface area contributed by atoms with Crippen molar-refractivity contribution in [3.63, 3.8) is 0 Å². The topological polar surface area (TPSA) is 49.6 Å². The van der Waals surface area contributed by atoms with Gasteiger partial charge in [0.15, 0.2) is 0 Å². The first-order valence-electron chi connectivity index (χ1n) is 6.45. The van der Waals surface area contributed by atoms with Crippen molar-refractivity contribution < 1.29 is 4.79 Å². The van der Waals surface area contributed by atoms with Crippen molar-refractivity contribution >= 4 is 23.1 Å². The Bertz CT molecular complexity index is 315. The van der Waals surface area contributed by atoms with Crippen molar-refractivity contribution in [2.45, 2.75) is 44.7 Å². The Kier molecular flexibility index (Phi) is 3.99. The second-order valence-corrected chi connectivity index (χ2v) is 5.48. The average molecular weight is 255 g/mol. The zero-order valence-corrected chi connectivity index (χ0v) is 11.2. The molecule has 2 rings (SSSR count). The summed E-state index contributed by atoms with van der Waals surface area (Å²) in [5, 5.41) is 0. The van der Waals surface area contributed by atoms with Gasteiger partial charge in [-0.2, -0.15) is 0 Å². The van der Waals surface area contributed by atoms with Gasteiger partial charge < -0.3 is 10.6 Å². The Morgan fingerprint density at radius 2 is 1.94 bits per heavy atom. The predicted molar refractivity (Wildman–Crippen MR) is 71.8 cm³/mol. The van der Waals surface area contributed by atoms with Crippen molar-refractivity contribution in [3.05, 3.63) is 0 Å². The Hall–Kier alpha value is -0.680. The number of rotatable bonds is 3. The number of nitrogens with zero attached hydrogens (tertiary/aromatic N) is 2. The van der Waals surface area contributed by atoms with E-state index in [0.717, 1.165) is 45.3 Å². The molecule has 2 heterocycles. The van der Waals surface area contributed by atoms with Gasteiger partial charge in [-0.15, -0.1) is 0 Å². The van der Waals surface area contributed by atoms with E-state index in [0.29, 0.717) is 4.99 Å². The van der Waals surface area contributed by atoms with E-state index in [1.807, 2.05) is 11.8 Å². The number of carbonyl (C=O) groups is 1. The van der Waals surface area contributed by atoms with Crippen molar-refractivity contribution in [2.24, 2.45) is 5.73 Å². The number of nitrogens with two attached hydrogens (primary N) is 1. The minimum atomic E-state index is -0.0814. The fourth-order valence-electron chi connectivity index (χ4n) is 2.90. The van der Waals surface area contributed by atoms with Crippen LogP contribution in [0.4, 0.5) is 0 Å². The molecule has 4 nitrogen and oxygen atoms in total. The highest BCUT2D eigenvalue weighted by Gasteiger charge is 2.35. The number of hydrogen-bond acceptors (Lipinski definition) is 3. The summed E-state index contributed by atoms with van der Waals surface area (Å²) in [5.74, 6) is 0.241. The normalized spacial score (nSPS) is 27.4. The molecule has 2 fully saturated rings. The van der Waals surface area contributed by atoms with Crippen molar-refractivity contribution in [1.82, 2.24) is 9.80 Å². The molecule has 2 saturated heterocycles. The predicted octanol–water partition coefficient (Wildman–Crippen LogP) is 0.748. The summed E-state index contributed by atoms with van der Waals surface area (Å²) in [4.78, 5) is 17.0. The number of likely N-dealkylation sites (tertiary alicyclic amines) is 2. The lowest BCUT2D eigenvalue weighted by atomic mass is 10.2. The number of hydrogen-bond donors (Lipinski definition) is 1. The van der Waals surface area contributed by atoms with Crippen LogP contribution in [0.15, 0.2) is 0 Å². The van der Waals surface area contributed by atoms with Crippen molar-refractivity contribution in [1.29, 1.82) is 0 Å². The second-order valence-electron chi connectivity index (χ2n) is 5.01. The number of amides is 1. The molecule has 5 heteroatoms. The van der Waals surface area contributed by atoms with Gasteiger partial charge in [-0.25, -0.2) is 0 Å². The molecule has 2 atom stereocenters. The van der Waals surface area contributed by atoms with Crippen molar-refractivity contribution in [2.75, 3.05) is 19.6 Å². The number of thiocarbonyl (C=S) groups is 1. The molecule has 0 radical (unpaired) electrons. The van der Waals surface area contributed by atoms with Gasteiger partial charge in [0.1, 0.15) is 0 Å². The highest BCUT2D eigenvalue weighted by molar-refractivity contribution is 7.80. The Morgan fingerprint density at radius 3 is 2.53 bits per heavy atom. The van der Waals surface area contributed by atoms with Crippen LogP contribution in [0.25, 0.3) is 0 Å². The summed E-state index contributed by atoms with van der Waals surface area (Å²) < 4.78 is 0. The minimum absolute atomic E-state index is 0.0814. The lowest BCUT2D eigenvalue weighted by Crippen LogP contribution is -2.51. The van der Waals surface area contributed by atoms with Crippen LogP contribution in [0.5, 0.6) is 0 Å². The van der Waals surface area contributed by atoms with Crippen LogP contribution in [-0.2, 0) is 4.79 Å². The van der Waals surface area contributed by atoms with Crippen LogP contribution in [0.2, 0.25) is 0 Å². The summed E-state index contributed by atoms with van der Waals surface area (Å²) >= 11 is 5.08. The largest absolute Gasteiger partial charge is 0.392 e. The summed E-state index contributed by atoms with van der Waals surface area (Å²) in [6, 6.07) is 0.0358. The zero-order valence-electron chi connectivity index (χ0n) is 10.4. The molecule has 96 valence electrons. The molecule has 2 aliphatic rings. The van der Waals surface area contributed by atoms with E-state index in [9.17, 15) is 4.79 Å². The molecular formula is C12H21N3OS. The molecule has 2 unspecified atom stereocenters. The second kappa shape index (κ2) is 5.31. The van der Waals surface area contributed by atoms with E-state index in [4.69, 9.17) is 18.0 Å². The van der Waals surface area contributed by atoms with Crippen LogP contribution in [-0.4, -0.2) is 52.4 Å². The molecule has 2 N–H and O–H groups in total. The lowest BCUT2D eigenvalue weighted by Gasteiger charge is -2.31. The minimum Gasteiger partial charge on any atom is -0.392 e. The molecule has 0 aromatic carbocycles. The lowest BCUT2D eigenvalue weighted by molar-refractivity contribution is -0.135. The molecule has 0 aromatic rings. The Balaban J connectivity index is 2.00. The summed E-state index contributed by atoms with van der Waals surface area (Å²) in [7, 11) is 0. The quantitative estimate of drug-likeness (QED) is 0.756. The smallest absolute Gasteiger partial charge is 0.239 e. The average Bonchev–Trinajstić information content (AvgIpc) is 2.97. The maximum absolute atomic E-state index is 12.3.